The molecule has 1 fully saturated rings. The van der Waals surface area contributed by atoms with Gasteiger partial charge in [0.25, 0.3) is 0 Å². The fourth-order valence-corrected chi connectivity index (χ4v) is 4.08. The number of benzene rings is 1. The van der Waals surface area contributed by atoms with Crippen molar-refractivity contribution in [1.82, 2.24) is 4.90 Å². The lowest BCUT2D eigenvalue weighted by atomic mass is 9.81. The van der Waals surface area contributed by atoms with E-state index in [1.807, 2.05) is 18.2 Å². The lowest BCUT2D eigenvalue weighted by Gasteiger charge is -2.49. The Labute approximate surface area is 137 Å². The smallest absolute Gasteiger partial charge is 0.339 e. The number of ether oxygens (including phenoxy) is 1. The van der Waals surface area contributed by atoms with Crippen LogP contribution in [0, 0.1) is 0 Å². The van der Waals surface area contributed by atoms with Gasteiger partial charge < -0.3 is 9.84 Å². The summed E-state index contributed by atoms with van der Waals surface area (Å²) in [6.45, 7) is 4.32. The molecule has 23 heavy (non-hydrogen) atoms. The van der Waals surface area contributed by atoms with E-state index in [1.165, 1.54) is 5.56 Å². The van der Waals surface area contributed by atoms with Crippen molar-refractivity contribution in [1.29, 1.82) is 0 Å². The van der Waals surface area contributed by atoms with E-state index in [4.69, 9.17) is 4.74 Å². The Balaban J connectivity index is 1.94. The minimum absolute atomic E-state index is 0.0447. The average molecular weight is 315 g/mol. The molecule has 0 saturated carbocycles. The zero-order chi connectivity index (χ0) is 16.4. The highest BCUT2D eigenvalue weighted by atomic mass is 16.5. The second-order valence-electron chi connectivity index (χ2n) is 6.42. The monoisotopic (exact) mass is 315 g/mol. The molecule has 1 unspecified atom stereocenters. The van der Waals surface area contributed by atoms with Crippen LogP contribution in [0.25, 0.3) is 0 Å². The summed E-state index contributed by atoms with van der Waals surface area (Å²) in [5, 5.41) is 10.4. The van der Waals surface area contributed by atoms with Crippen molar-refractivity contribution >= 4 is 5.97 Å². The van der Waals surface area contributed by atoms with Gasteiger partial charge in [0, 0.05) is 24.5 Å². The van der Waals surface area contributed by atoms with E-state index >= 15 is 0 Å². The maximum absolute atomic E-state index is 12.3. The van der Waals surface area contributed by atoms with E-state index in [-0.39, 0.29) is 23.8 Å². The number of fused-ring (bicyclic) bond motifs is 2. The van der Waals surface area contributed by atoms with Crippen LogP contribution in [0.4, 0.5) is 0 Å². The molecule has 3 atom stereocenters. The fraction of sp³-hybridized carbons (Fsp3) is 0.526. The van der Waals surface area contributed by atoms with Gasteiger partial charge in [-0.25, -0.2) is 4.79 Å². The van der Waals surface area contributed by atoms with Crippen molar-refractivity contribution in [2.75, 3.05) is 6.61 Å². The molecule has 4 heteroatoms. The molecule has 0 aliphatic carbocycles. The highest BCUT2D eigenvalue weighted by Crippen LogP contribution is 2.42. The van der Waals surface area contributed by atoms with Gasteiger partial charge in [0.05, 0.1) is 12.2 Å². The SMILES string of the molecule is CCOC(=O)C1=C(O)C[C@@H]2CCC[C@H]1N2C(C)c1ccccc1. The Morgan fingerprint density at radius 2 is 2.09 bits per heavy atom. The first-order valence-corrected chi connectivity index (χ1v) is 8.55. The third-order valence-electron chi connectivity index (χ3n) is 5.09. The summed E-state index contributed by atoms with van der Waals surface area (Å²) in [5.41, 5.74) is 1.72. The van der Waals surface area contributed by atoms with E-state index < -0.39 is 0 Å². The minimum Gasteiger partial charge on any atom is -0.512 e. The van der Waals surface area contributed by atoms with Crippen LogP contribution >= 0.6 is 0 Å². The van der Waals surface area contributed by atoms with Gasteiger partial charge in [-0.1, -0.05) is 30.3 Å². The molecule has 2 aliphatic heterocycles. The van der Waals surface area contributed by atoms with Gasteiger partial charge in [-0.15, -0.1) is 0 Å². The Bertz CT molecular complexity index is 596. The first-order valence-electron chi connectivity index (χ1n) is 8.55. The lowest BCUT2D eigenvalue weighted by Crippen LogP contribution is -2.53. The summed E-state index contributed by atoms with van der Waals surface area (Å²) in [4.78, 5) is 14.8. The normalized spacial score (nSPS) is 26.0. The summed E-state index contributed by atoms with van der Waals surface area (Å²) in [7, 11) is 0. The maximum Gasteiger partial charge on any atom is 0.339 e. The van der Waals surface area contributed by atoms with Gasteiger partial charge >= 0.3 is 5.97 Å². The quantitative estimate of drug-likeness (QED) is 0.860. The number of aliphatic hydroxyl groups excluding tert-OH is 1. The molecular formula is C19H25NO3. The van der Waals surface area contributed by atoms with Gasteiger partial charge in [0.15, 0.2) is 0 Å². The number of aliphatic hydroxyl groups is 1. The largest absolute Gasteiger partial charge is 0.512 e. The predicted octanol–water partition coefficient (Wildman–Crippen LogP) is 3.75. The number of piperidine rings is 1. The highest BCUT2D eigenvalue weighted by molar-refractivity contribution is 5.90. The molecule has 0 amide bonds. The number of carbonyl (C=O) groups excluding carboxylic acids is 1. The first-order chi connectivity index (χ1) is 11.1. The van der Waals surface area contributed by atoms with Crippen molar-refractivity contribution < 1.29 is 14.6 Å². The van der Waals surface area contributed by atoms with Crippen LogP contribution in [0.2, 0.25) is 0 Å². The van der Waals surface area contributed by atoms with Crippen molar-refractivity contribution in [3.63, 3.8) is 0 Å². The third-order valence-corrected chi connectivity index (χ3v) is 5.09. The Morgan fingerprint density at radius 1 is 1.35 bits per heavy atom. The Kier molecular flexibility index (Phi) is 4.71. The molecule has 2 heterocycles. The van der Waals surface area contributed by atoms with Gasteiger partial charge in [-0.3, -0.25) is 4.90 Å². The van der Waals surface area contributed by atoms with E-state index in [2.05, 4.69) is 24.0 Å². The van der Waals surface area contributed by atoms with Crippen molar-refractivity contribution in [2.45, 2.75) is 57.7 Å². The highest BCUT2D eigenvalue weighted by Gasteiger charge is 2.44. The first kappa shape index (κ1) is 16.1. The fourth-order valence-electron chi connectivity index (χ4n) is 4.08. The summed E-state index contributed by atoms with van der Waals surface area (Å²) in [5.74, 6) is -0.129. The molecule has 1 aromatic carbocycles. The molecule has 0 aromatic heterocycles. The summed E-state index contributed by atoms with van der Waals surface area (Å²) in [6, 6.07) is 10.8. The molecular weight excluding hydrogens is 290 g/mol. The Morgan fingerprint density at radius 3 is 2.78 bits per heavy atom. The molecule has 124 valence electrons. The molecule has 1 saturated heterocycles. The van der Waals surface area contributed by atoms with Crippen molar-refractivity contribution in [2.24, 2.45) is 0 Å². The van der Waals surface area contributed by atoms with E-state index in [1.54, 1.807) is 6.92 Å². The molecule has 0 radical (unpaired) electrons. The standard InChI is InChI=1S/C19H25NO3/c1-3-23-19(22)18-16-11-7-10-15(12-17(18)21)20(16)13(2)14-8-5-4-6-9-14/h4-6,8-9,13,15-16,21H,3,7,10-12H2,1-2H3/t13?,15-,16+/m0/s1. The van der Waals surface area contributed by atoms with Crippen LogP contribution in [0.3, 0.4) is 0 Å². The van der Waals surface area contributed by atoms with Crippen LogP contribution in [0.15, 0.2) is 41.7 Å². The second kappa shape index (κ2) is 6.75. The molecule has 2 bridgehead atoms. The number of rotatable bonds is 4. The van der Waals surface area contributed by atoms with Gasteiger partial charge in [0.1, 0.15) is 5.76 Å². The lowest BCUT2D eigenvalue weighted by molar-refractivity contribution is -0.140. The second-order valence-corrected chi connectivity index (χ2v) is 6.42. The molecule has 1 aromatic rings. The van der Waals surface area contributed by atoms with E-state index in [9.17, 15) is 9.90 Å². The van der Waals surface area contributed by atoms with Gasteiger partial charge in [-0.05, 0) is 38.7 Å². The number of hydrogen-bond donors (Lipinski definition) is 1. The third kappa shape index (κ3) is 3.00. The van der Waals surface area contributed by atoms with Crippen molar-refractivity contribution in [3.05, 3.63) is 47.2 Å². The number of nitrogens with zero attached hydrogens (tertiary/aromatic N) is 1. The molecule has 0 spiro atoms. The van der Waals surface area contributed by atoms with Gasteiger partial charge in [-0.2, -0.15) is 0 Å². The zero-order valence-corrected chi connectivity index (χ0v) is 13.9. The summed E-state index contributed by atoms with van der Waals surface area (Å²) in [6.07, 6.45) is 3.59. The van der Waals surface area contributed by atoms with Crippen LogP contribution in [-0.4, -0.2) is 34.7 Å². The molecule has 4 nitrogen and oxygen atoms in total. The average Bonchev–Trinajstić information content (AvgIpc) is 2.55. The predicted molar refractivity (Wildman–Crippen MR) is 89.0 cm³/mol. The molecule has 1 N–H and O–H groups in total. The number of esters is 1. The summed E-state index contributed by atoms with van der Waals surface area (Å²) < 4.78 is 5.19. The maximum atomic E-state index is 12.3. The summed E-state index contributed by atoms with van der Waals surface area (Å²) >= 11 is 0. The van der Waals surface area contributed by atoms with E-state index in [0.29, 0.717) is 24.6 Å². The van der Waals surface area contributed by atoms with Gasteiger partial charge in [0.2, 0.25) is 0 Å². The zero-order valence-electron chi connectivity index (χ0n) is 13.9. The minimum atomic E-state index is -0.361. The van der Waals surface area contributed by atoms with E-state index in [0.717, 1.165) is 19.3 Å². The van der Waals surface area contributed by atoms with Crippen molar-refractivity contribution in [3.8, 4) is 0 Å². The number of carbonyl (C=O) groups is 1. The van der Waals surface area contributed by atoms with Crippen LogP contribution in [0.5, 0.6) is 0 Å². The molecule has 2 aliphatic rings. The number of hydrogen-bond acceptors (Lipinski definition) is 4. The van der Waals surface area contributed by atoms with Crippen LogP contribution in [0.1, 0.15) is 51.1 Å². The Hall–Kier alpha value is -1.81. The van der Waals surface area contributed by atoms with Crippen LogP contribution in [-0.2, 0) is 9.53 Å². The van der Waals surface area contributed by atoms with Crippen LogP contribution < -0.4 is 0 Å². The molecule has 3 rings (SSSR count). The topological polar surface area (TPSA) is 49.8 Å².